The molecule has 0 heterocycles. The third-order valence-corrected chi connectivity index (χ3v) is 3.40. The molecule has 2 aromatic rings. The molecule has 0 fully saturated rings. The van der Waals surface area contributed by atoms with Gasteiger partial charge in [0.1, 0.15) is 24.2 Å². The smallest absolute Gasteiger partial charge is 0.147 e. The van der Waals surface area contributed by atoms with Crippen LogP contribution in [0.2, 0.25) is 0 Å². The Morgan fingerprint density at radius 1 is 1.21 bits per heavy atom. The maximum absolute atomic E-state index is 13.8. The summed E-state index contributed by atoms with van der Waals surface area (Å²) in [5, 5.41) is 8.75. The zero-order valence-electron chi connectivity index (χ0n) is 10.4. The third kappa shape index (κ3) is 3.27. The van der Waals surface area contributed by atoms with Crippen molar-refractivity contribution in [2.45, 2.75) is 11.5 Å². The number of thioether (sulfide) groups is 1. The standard InChI is InChI=1S/C15H12FNOS/c1-19-14-7-5-13(6-8-14)18-10-12-4-2-3-11(9-17)15(12)16/h2-8H,10H2,1H3. The quantitative estimate of drug-likeness (QED) is 0.789. The van der Waals surface area contributed by atoms with Gasteiger partial charge in [0.25, 0.3) is 0 Å². The molecule has 2 nitrogen and oxygen atoms in total. The monoisotopic (exact) mass is 273 g/mol. The van der Waals surface area contributed by atoms with E-state index in [4.69, 9.17) is 10.00 Å². The summed E-state index contributed by atoms with van der Waals surface area (Å²) >= 11 is 1.65. The average Bonchev–Trinajstić information content (AvgIpc) is 2.47. The molecule has 0 spiro atoms. The molecule has 96 valence electrons. The van der Waals surface area contributed by atoms with Crippen molar-refractivity contribution in [3.63, 3.8) is 0 Å². The Morgan fingerprint density at radius 2 is 1.95 bits per heavy atom. The summed E-state index contributed by atoms with van der Waals surface area (Å²) in [6, 6.07) is 14.1. The summed E-state index contributed by atoms with van der Waals surface area (Å²) in [4.78, 5) is 1.14. The van der Waals surface area contributed by atoms with Gasteiger partial charge in [-0.1, -0.05) is 12.1 Å². The molecule has 0 aromatic heterocycles. The number of hydrogen-bond donors (Lipinski definition) is 0. The molecule has 0 radical (unpaired) electrons. The zero-order valence-corrected chi connectivity index (χ0v) is 11.2. The molecule has 4 heteroatoms. The third-order valence-electron chi connectivity index (χ3n) is 2.65. The van der Waals surface area contributed by atoms with Crippen LogP contribution in [0.4, 0.5) is 4.39 Å². The lowest BCUT2D eigenvalue weighted by Crippen LogP contribution is -2.00. The van der Waals surface area contributed by atoms with Gasteiger partial charge >= 0.3 is 0 Å². The first kappa shape index (κ1) is 13.4. The van der Waals surface area contributed by atoms with Gasteiger partial charge in [0.05, 0.1) is 5.56 Å². The molecule has 0 aliphatic rings. The molecule has 0 aliphatic carbocycles. The van der Waals surface area contributed by atoms with Gasteiger partial charge in [0, 0.05) is 10.5 Å². The zero-order chi connectivity index (χ0) is 13.7. The van der Waals surface area contributed by atoms with Crippen LogP contribution in [0, 0.1) is 17.1 Å². The molecule has 2 aromatic carbocycles. The van der Waals surface area contributed by atoms with Crippen molar-refractivity contribution in [2.75, 3.05) is 6.26 Å². The van der Waals surface area contributed by atoms with Crippen LogP contribution in [0.1, 0.15) is 11.1 Å². The summed E-state index contributed by atoms with van der Waals surface area (Å²) in [5.41, 5.74) is 0.423. The molecule has 0 saturated heterocycles. The Hall–Kier alpha value is -1.99. The highest BCUT2D eigenvalue weighted by Crippen LogP contribution is 2.20. The molecule has 2 rings (SSSR count). The van der Waals surface area contributed by atoms with Gasteiger partial charge in [-0.3, -0.25) is 0 Å². The largest absolute Gasteiger partial charge is 0.489 e. The molecule has 0 bridgehead atoms. The van der Waals surface area contributed by atoms with Crippen LogP contribution in [-0.2, 0) is 6.61 Å². The Bertz CT molecular complexity index is 605. The maximum atomic E-state index is 13.8. The fraction of sp³-hybridized carbons (Fsp3) is 0.133. The number of nitrogens with zero attached hydrogens (tertiary/aromatic N) is 1. The predicted octanol–water partition coefficient (Wildman–Crippen LogP) is 4.00. The topological polar surface area (TPSA) is 33.0 Å². The van der Waals surface area contributed by atoms with Crippen molar-refractivity contribution in [3.8, 4) is 11.8 Å². The normalized spacial score (nSPS) is 9.95. The molecule has 0 atom stereocenters. The second kappa shape index (κ2) is 6.26. The van der Waals surface area contributed by atoms with Gasteiger partial charge in [0.15, 0.2) is 0 Å². The highest BCUT2D eigenvalue weighted by Gasteiger charge is 2.07. The molecule has 0 N–H and O–H groups in total. The predicted molar refractivity (Wildman–Crippen MR) is 73.7 cm³/mol. The molecular weight excluding hydrogens is 261 g/mol. The lowest BCUT2D eigenvalue weighted by molar-refractivity contribution is 0.299. The van der Waals surface area contributed by atoms with E-state index in [0.29, 0.717) is 11.3 Å². The molecule has 19 heavy (non-hydrogen) atoms. The SMILES string of the molecule is CSc1ccc(OCc2cccc(C#N)c2F)cc1. The molecule has 0 aliphatic heterocycles. The van der Waals surface area contributed by atoms with E-state index in [1.807, 2.05) is 36.6 Å². The van der Waals surface area contributed by atoms with Gasteiger partial charge in [-0.05, 0) is 36.6 Å². The highest BCUT2D eigenvalue weighted by atomic mass is 32.2. The number of rotatable bonds is 4. The first-order valence-corrected chi connectivity index (χ1v) is 6.91. The second-order valence-corrected chi connectivity index (χ2v) is 4.73. The van der Waals surface area contributed by atoms with Crippen LogP contribution in [0.3, 0.4) is 0 Å². The van der Waals surface area contributed by atoms with Crippen molar-refractivity contribution in [1.29, 1.82) is 5.26 Å². The van der Waals surface area contributed by atoms with Gasteiger partial charge in [-0.2, -0.15) is 5.26 Å². The fourth-order valence-corrected chi connectivity index (χ4v) is 2.02. The first-order valence-electron chi connectivity index (χ1n) is 5.69. The Labute approximate surface area is 115 Å². The Morgan fingerprint density at radius 3 is 2.58 bits per heavy atom. The number of nitriles is 1. The van der Waals surface area contributed by atoms with Gasteiger partial charge in [-0.25, -0.2) is 4.39 Å². The van der Waals surface area contributed by atoms with Crippen LogP contribution in [0.15, 0.2) is 47.4 Å². The lowest BCUT2D eigenvalue weighted by atomic mass is 10.1. The van der Waals surface area contributed by atoms with E-state index < -0.39 is 5.82 Å². The van der Waals surface area contributed by atoms with Crippen molar-refractivity contribution >= 4 is 11.8 Å². The van der Waals surface area contributed by atoms with E-state index in [1.165, 1.54) is 6.07 Å². The van der Waals surface area contributed by atoms with Crippen molar-refractivity contribution in [3.05, 3.63) is 59.4 Å². The fourth-order valence-electron chi connectivity index (χ4n) is 1.61. The minimum absolute atomic E-state index is 0.0406. The maximum Gasteiger partial charge on any atom is 0.147 e. The van der Waals surface area contributed by atoms with E-state index in [9.17, 15) is 4.39 Å². The number of benzene rings is 2. The summed E-state index contributed by atoms with van der Waals surface area (Å²) in [6.45, 7) is 0.111. The number of ether oxygens (including phenoxy) is 1. The van der Waals surface area contributed by atoms with Gasteiger partial charge < -0.3 is 4.74 Å². The van der Waals surface area contributed by atoms with E-state index in [-0.39, 0.29) is 12.2 Å². The summed E-state index contributed by atoms with van der Waals surface area (Å²) in [5.74, 6) is 0.172. The van der Waals surface area contributed by atoms with Crippen LogP contribution in [0.25, 0.3) is 0 Å². The minimum Gasteiger partial charge on any atom is -0.489 e. The number of hydrogen-bond acceptors (Lipinski definition) is 3. The van der Waals surface area contributed by atoms with E-state index >= 15 is 0 Å². The first-order chi connectivity index (χ1) is 9.24. The molecular formula is C15H12FNOS. The van der Waals surface area contributed by atoms with Gasteiger partial charge in [0.2, 0.25) is 0 Å². The van der Waals surface area contributed by atoms with Crippen molar-refractivity contribution in [1.82, 2.24) is 0 Å². The van der Waals surface area contributed by atoms with Crippen LogP contribution < -0.4 is 4.74 Å². The van der Waals surface area contributed by atoms with Crippen molar-refractivity contribution in [2.24, 2.45) is 0 Å². The Kier molecular flexibility index (Phi) is 4.43. The Balaban J connectivity index is 2.08. The van der Waals surface area contributed by atoms with Crippen LogP contribution in [-0.4, -0.2) is 6.26 Å². The molecule has 0 unspecified atom stereocenters. The highest BCUT2D eigenvalue weighted by molar-refractivity contribution is 7.98. The van der Waals surface area contributed by atoms with E-state index in [0.717, 1.165) is 4.90 Å². The molecule has 0 saturated carbocycles. The van der Waals surface area contributed by atoms with Crippen molar-refractivity contribution < 1.29 is 9.13 Å². The molecule has 0 amide bonds. The van der Waals surface area contributed by atoms with Crippen LogP contribution in [0.5, 0.6) is 5.75 Å². The number of halogens is 1. The van der Waals surface area contributed by atoms with E-state index in [2.05, 4.69) is 0 Å². The van der Waals surface area contributed by atoms with Crippen LogP contribution >= 0.6 is 11.8 Å². The second-order valence-electron chi connectivity index (χ2n) is 3.85. The van der Waals surface area contributed by atoms with E-state index in [1.54, 1.807) is 23.9 Å². The van der Waals surface area contributed by atoms with Gasteiger partial charge in [-0.15, -0.1) is 11.8 Å². The average molecular weight is 273 g/mol. The minimum atomic E-state index is -0.509. The summed E-state index contributed by atoms with van der Waals surface area (Å²) in [7, 11) is 0. The summed E-state index contributed by atoms with van der Waals surface area (Å²) < 4.78 is 19.3. The lowest BCUT2D eigenvalue weighted by Gasteiger charge is -2.08. The summed E-state index contributed by atoms with van der Waals surface area (Å²) in [6.07, 6.45) is 2.00.